The Hall–Kier alpha value is -4.96. The van der Waals surface area contributed by atoms with E-state index in [1.807, 2.05) is 49.4 Å². The molecule has 1 aliphatic rings. The molecule has 2 aromatic carbocycles. The molecule has 6 rings (SSSR count). The zero-order valence-electron chi connectivity index (χ0n) is 26.7. The number of aryl methyl sites for hydroxylation is 2. The molecule has 0 spiro atoms. The molecule has 0 aliphatic carbocycles. The molecular weight excluding hydrogens is 582 g/mol. The normalized spacial score (nSPS) is 14.6. The zero-order valence-corrected chi connectivity index (χ0v) is 26.7. The molecule has 0 atom stereocenters. The maximum absolute atomic E-state index is 13.1. The smallest absolute Gasteiger partial charge is 0.294 e. The van der Waals surface area contributed by atoms with Crippen LogP contribution in [-0.4, -0.2) is 48.1 Å². The summed E-state index contributed by atoms with van der Waals surface area (Å²) in [6, 6.07) is 19.4. The van der Waals surface area contributed by atoms with Gasteiger partial charge in [0.25, 0.3) is 5.56 Å². The maximum Gasteiger partial charge on any atom is 0.294 e. The number of pyridine rings is 2. The van der Waals surface area contributed by atoms with Crippen LogP contribution < -0.4 is 25.4 Å². The Morgan fingerprint density at radius 3 is 2.63 bits per heavy atom. The number of anilines is 2. The predicted octanol–water partition coefficient (Wildman–Crippen LogP) is 5.30. The van der Waals surface area contributed by atoms with E-state index in [4.69, 9.17) is 14.1 Å². The van der Waals surface area contributed by atoms with Gasteiger partial charge in [0.1, 0.15) is 11.2 Å². The van der Waals surface area contributed by atoms with E-state index in [1.54, 1.807) is 47.5 Å². The summed E-state index contributed by atoms with van der Waals surface area (Å²) in [6.07, 6.45) is 4.72. The van der Waals surface area contributed by atoms with Crippen LogP contribution >= 0.6 is 0 Å². The van der Waals surface area contributed by atoms with Crippen molar-refractivity contribution in [3.63, 3.8) is 0 Å². The minimum atomic E-state index is -1.15. The number of ether oxygens (including phenoxy) is 1. The number of rotatable bonds is 11. The molecule has 5 aromatic rings. The van der Waals surface area contributed by atoms with Gasteiger partial charge in [0.05, 0.1) is 29.8 Å². The van der Waals surface area contributed by atoms with E-state index >= 15 is 0 Å². The third kappa shape index (κ3) is 5.88. The molecule has 10 nitrogen and oxygen atoms in total. The number of hydrogen-bond acceptors (Lipinski definition) is 7. The van der Waals surface area contributed by atoms with Crippen LogP contribution in [0.1, 0.15) is 38.4 Å². The first-order chi connectivity index (χ1) is 22.2. The van der Waals surface area contributed by atoms with E-state index < -0.39 is 5.41 Å². The number of hydrogen-bond donors (Lipinski definition) is 1. The van der Waals surface area contributed by atoms with Crippen molar-refractivity contribution in [3.05, 3.63) is 94.7 Å². The lowest BCUT2D eigenvalue weighted by atomic mass is 9.90. The van der Waals surface area contributed by atoms with Gasteiger partial charge < -0.3 is 28.8 Å². The maximum atomic E-state index is 13.1. The van der Waals surface area contributed by atoms with E-state index in [0.717, 1.165) is 40.5 Å². The molecular formula is C36H39N5O5. The Bertz CT molecular complexity index is 1980. The molecule has 2 amide bonds. The minimum absolute atomic E-state index is 0.138. The summed E-state index contributed by atoms with van der Waals surface area (Å²) in [5.41, 5.74) is 3.44. The van der Waals surface area contributed by atoms with Crippen LogP contribution in [0.15, 0.2) is 82.3 Å². The number of carbonyl (C=O) groups is 2. The van der Waals surface area contributed by atoms with Crippen LogP contribution in [0.25, 0.3) is 21.9 Å². The number of nitrogens with one attached hydrogen (secondary N) is 1. The first kappa shape index (κ1) is 31.0. The fraction of sp³-hybridized carbons (Fsp3) is 0.333. The van der Waals surface area contributed by atoms with Gasteiger partial charge >= 0.3 is 0 Å². The van der Waals surface area contributed by atoms with Crippen LogP contribution in [0, 0.1) is 5.41 Å². The van der Waals surface area contributed by atoms with Crippen LogP contribution in [0.2, 0.25) is 0 Å². The minimum Gasteiger partial charge on any atom is -0.493 e. The van der Waals surface area contributed by atoms with Crippen LogP contribution in [0.5, 0.6) is 5.75 Å². The Morgan fingerprint density at radius 2 is 1.80 bits per heavy atom. The summed E-state index contributed by atoms with van der Waals surface area (Å²) < 4.78 is 13.1. The number of furan rings is 1. The molecule has 0 fully saturated rings. The number of para-hydroxylation sites is 1. The highest BCUT2D eigenvalue weighted by atomic mass is 16.5. The van der Waals surface area contributed by atoms with Crippen molar-refractivity contribution in [2.24, 2.45) is 5.41 Å². The van der Waals surface area contributed by atoms with E-state index in [0.29, 0.717) is 55.4 Å². The first-order valence-electron chi connectivity index (χ1n) is 15.7. The molecule has 1 N–H and O–H groups in total. The van der Waals surface area contributed by atoms with Crippen molar-refractivity contribution in [2.45, 2.75) is 46.7 Å². The standard InChI is InChI=1S/C36H39N5O5/c1-5-41-30-12-11-27(22-31(30)39(4)34(43)36(2,3)35(41)44)45-19-8-16-37-23-25-21-26(38-29-10-7-6-9-28(25)29)14-18-40-17-13-24-15-20-46-32(24)33(40)42/h6-7,9-13,15,17,20-22,37H,5,8,14,16,18-19,23H2,1-4H3. The molecule has 0 radical (unpaired) electrons. The molecule has 0 bridgehead atoms. The Balaban J connectivity index is 1.06. The van der Waals surface area contributed by atoms with Gasteiger partial charge in [-0.25, -0.2) is 0 Å². The van der Waals surface area contributed by atoms with Gasteiger partial charge in [-0.1, -0.05) is 18.2 Å². The lowest BCUT2D eigenvalue weighted by Gasteiger charge is -2.27. The summed E-state index contributed by atoms with van der Waals surface area (Å²) in [4.78, 5) is 47.1. The summed E-state index contributed by atoms with van der Waals surface area (Å²) in [7, 11) is 1.71. The third-order valence-corrected chi connectivity index (χ3v) is 8.67. The molecule has 3 aromatic heterocycles. The van der Waals surface area contributed by atoms with Gasteiger partial charge in [0, 0.05) is 61.8 Å². The van der Waals surface area contributed by atoms with E-state index in [2.05, 4.69) is 17.4 Å². The second-order valence-corrected chi connectivity index (χ2v) is 12.1. The molecule has 0 unspecified atom stereocenters. The second kappa shape index (κ2) is 12.8. The van der Waals surface area contributed by atoms with Gasteiger partial charge in [-0.15, -0.1) is 0 Å². The molecule has 10 heteroatoms. The van der Waals surface area contributed by atoms with E-state index in [1.165, 1.54) is 6.26 Å². The van der Waals surface area contributed by atoms with Crippen molar-refractivity contribution < 1.29 is 18.7 Å². The molecule has 46 heavy (non-hydrogen) atoms. The second-order valence-electron chi connectivity index (χ2n) is 12.1. The summed E-state index contributed by atoms with van der Waals surface area (Å²) in [5.74, 6) is 0.200. The Morgan fingerprint density at radius 1 is 0.978 bits per heavy atom. The van der Waals surface area contributed by atoms with Gasteiger partial charge in [0.15, 0.2) is 5.58 Å². The third-order valence-electron chi connectivity index (χ3n) is 8.67. The number of nitrogens with zero attached hydrogens (tertiary/aromatic N) is 4. The average Bonchev–Trinajstić information content (AvgIpc) is 3.54. The highest BCUT2D eigenvalue weighted by molar-refractivity contribution is 6.20. The van der Waals surface area contributed by atoms with Crippen molar-refractivity contribution in [3.8, 4) is 5.75 Å². The van der Waals surface area contributed by atoms with Gasteiger partial charge in [-0.2, -0.15) is 0 Å². The van der Waals surface area contributed by atoms with Crippen molar-refractivity contribution in [2.75, 3.05) is 36.5 Å². The zero-order chi connectivity index (χ0) is 32.4. The van der Waals surface area contributed by atoms with Crippen molar-refractivity contribution >= 4 is 45.1 Å². The van der Waals surface area contributed by atoms with Gasteiger partial charge in [0.2, 0.25) is 11.8 Å². The molecule has 1 aliphatic heterocycles. The Labute approximate surface area is 267 Å². The van der Waals surface area contributed by atoms with Crippen LogP contribution in [0.4, 0.5) is 11.4 Å². The van der Waals surface area contributed by atoms with E-state index in [9.17, 15) is 14.4 Å². The van der Waals surface area contributed by atoms with Crippen molar-refractivity contribution in [1.29, 1.82) is 0 Å². The van der Waals surface area contributed by atoms with Gasteiger partial charge in [-0.3, -0.25) is 19.4 Å². The summed E-state index contributed by atoms with van der Waals surface area (Å²) in [6.45, 7) is 8.12. The largest absolute Gasteiger partial charge is 0.493 e. The number of carbonyl (C=O) groups excluding carboxylic acids is 2. The molecule has 0 saturated heterocycles. The fourth-order valence-electron chi connectivity index (χ4n) is 6.07. The molecule has 238 valence electrons. The number of amides is 2. The van der Waals surface area contributed by atoms with Crippen molar-refractivity contribution in [1.82, 2.24) is 14.9 Å². The SMILES string of the molecule is CCN1C(=O)C(C)(C)C(=O)N(C)c2cc(OCCCNCc3cc(CCn4ccc5ccoc5c4=O)nc4ccccc34)ccc21. The highest BCUT2D eigenvalue weighted by Crippen LogP contribution is 2.40. The monoisotopic (exact) mass is 621 g/mol. The average molecular weight is 622 g/mol. The van der Waals surface area contributed by atoms with E-state index in [-0.39, 0.29) is 17.4 Å². The lowest BCUT2D eigenvalue weighted by molar-refractivity contribution is -0.137. The van der Waals surface area contributed by atoms with Crippen LogP contribution in [0.3, 0.4) is 0 Å². The highest BCUT2D eigenvalue weighted by Gasteiger charge is 2.45. The lowest BCUT2D eigenvalue weighted by Crippen LogP contribution is -2.47. The number of aromatic nitrogens is 2. The summed E-state index contributed by atoms with van der Waals surface area (Å²) in [5, 5.41) is 5.43. The number of benzene rings is 2. The quantitative estimate of drug-likeness (QED) is 0.158. The fourth-order valence-corrected chi connectivity index (χ4v) is 6.07. The number of fused-ring (bicyclic) bond motifs is 3. The topological polar surface area (TPSA) is 110 Å². The molecule has 4 heterocycles. The van der Waals surface area contributed by atoms with Gasteiger partial charge in [-0.05, 0) is 75.7 Å². The van der Waals surface area contributed by atoms with Crippen LogP contribution in [-0.2, 0) is 29.1 Å². The predicted molar refractivity (Wildman–Crippen MR) is 179 cm³/mol. The first-order valence-corrected chi connectivity index (χ1v) is 15.7. The summed E-state index contributed by atoms with van der Waals surface area (Å²) >= 11 is 0. The molecule has 0 saturated carbocycles. The Kier molecular flexibility index (Phi) is 8.64.